The number of benzene rings is 2. The number of carbonyl (C=O) groups is 3. The van der Waals surface area contributed by atoms with Gasteiger partial charge in [-0.25, -0.2) is 0 Å². The summed E-state index contributed by atoms with van der Waals surface area (Å²) < 4.78 is 17.4. The van der Waals surface area contributed by atoms with Gasteiger partial charge in [-0.15, -0.1) is 0 Å². The molecule has 3 saturated heterocycles. The number of anilines is 1. The van der Waals surface area contributed by atoms with Crippen LogP contribution in [0.25, 0.3) is 0 Å². The number of esters is 1. The average molecular weight is 523 g/mol. The lowest BCUT2D eigenvalue weighted by molar-refractivity contribution is -0.161. The lowest BCUT2D eigenvalue weighted by Crippen LogP contribution is -2.54. The number of ether oxygens (including phenoxy) is 3. The molecule has 1 spiro atoms. The normalized spacial score (nSPS) is 30.2. The first-order chi connectivity index (χ1) is 18.4. The fraction of sp³-hybridized carbons (Fsp3) is 0.483. The number of hydrogen-bond acceptors (Lipinski definition) is 7. The summed E-state index contributed by atoms with van der Waals surface area (Å²) in [5, 5.41) is 13.5. The Balaban J connectivity index is 1.60. The van der Waals surface area contributed by atoms with E-state index in [0.717, 1.165) is 0 Å². The van der Waals surface area contributed by atoms with Crippen molar-refractivity contribution in [2.24, 2.45) is 11.8 Å². The van der Waals surface area contributed by atoms with Crippen molar-refractivity contribution in [2.75, 3.05) is 25.6 Å². The molecule has 2 N–H and O–H groups in total. The zero-order valence-electron chi connectivity index (χ0n) is 21.9. The molecular formula is C29H34N2O7. The number of carbonyl (C=O) groups excluding carboxylic acids is 3. The highest BCUT2D eigenvalue weighted by atomic mass is 16.6. The molecule has 5 rings (SSSR count). The first-order valence-electron chi connectivity index (χ1n) is 13.2. The molecular weight excluding hydrogens is 488 g/mol. The Hall–Kier alpha value is -3.43. The van der Waals surface area contributed by atoms with Crippen molar-refractivity contribution in [3.05, 3.63) is 60.2 Å². The Bertz CT molecular complexity index is 1200. The van der Waals surface area contributed by atoms with Crippen molar-refractivity contribution in [1.82, 2.24) is 4.90 Å². The van der Waals surface area contributed by atoms with E-state index in [4.69, 9.17) is 14.2 Å². The highest BCUT2D eigenvalue weighted by Crippen LogP contribution is 2.65. The first kappa shape index (κ1) is 26.2. The summed E-state index contributed by atoms with van der Waals surface area (Å²) in [6.07, 6.45) is 1.49. The summed E-state index contributed by atoms with van der Waals surface area (Å²) in [5.74, 6) is -2.37. The van der Waals surface area contributed by atoms with Gasteiger partial charge in [-0.1, -0.05) is 37.3 Å². The van der Waals surface area contributed by atoms with E-state index in [1.807, 2.05) is 37.3 Å². The Morgan fingerprint density at radius 3 is 2.45 bits per heavy atom. The van der Waals surface area contributed by atoms with Gasteiger partial charge in [-0.05, 0) is 56.0 Å². The van der Waals surface area contributed by atoms with Crippen molar-refractivity contribution in [3.63, 3.8) is 0 Å². The zero-order chi connectivity index (χ0) is 27.1. The molecule has 2 bridgehead atoms. The van der Waals surface area contributed by atoms with Gasteiger partial charge in [0.05, 0.1) is 37.9 Å². The van der Waals surface area contributed by atoms with Gasteiger partial charge in [0.25, 0.3) is 0 Å². The summed E-state index contributed by atoms with van der Waals surface area (Å²) in [6.45, 7) is 3.44. The lowest BCUT2D eigenvalue weighted by atomic mass is 9.65. The van der Waals surface area contributed by atoms with Crippen molar-refractivity contribution in [1.29, 1.82) is 0 Å². The second kappa shape index (κ2) is 10.0. The number of amides is 2. The number of fused-ring (bicyclic) bond motifs is 1. The van der Waals surface area contributed by atoms with Crippen LogP contribution in [0.1, 0.15) is 44.7 Å². The number of nitrogens with zero attached hydrogens (tertiary/aromatic N) is 1. The van der Waals surface area contributed by atoms with Gasteiger partial charge < -0.3 is 29.5 Å². The highest BCUT2D eigenvalue weighted by molar-refractivity contribution is 6.03. The molecule has 3 fully saturated rings. The van der Waals surface area contributed by atoms with Crippen molar-refractivity contribution in [2.45, 2.75) is 56.4 Å². The van der Waals surface area contributed by atoms with Crippen LogP contribution < -0.4 is 10.1 Å². The summed E-state index contributed by atoms with van der Waals surface area (Å²) in [7, 11) is 1.56. The maximum atomic E-state index is 14.3. The molecule has 6 atom stereocenters. The second-order valence-corrected chi connectivity index (χ2v) is 10.2. The van der Waals surface area contributed by atoms with E-state index in [9.17, 15) is 19.5 Å². The summed E-state index contributed by atoms with van der Waals surface area (Å²) in [4.78, 5) is 43.1. The number of aliphatic hydroxyl groups is 1. The number of rotatable bonds is 9. The van der Waals surface area contributed by atoms with E-state index >= 15 is 0 Å². The molecule has 9 nitrogen and oxygen atoms in total. The van der Waals surface area contributed by atoms with E-state index in [1.54, 1.807) is 38.3 Å². The first-order valence-corrected chi connectivity index (χ1v) is 13.2. The third-order valence-electron chi connectivity index (χ3n) is 8.46. The quantitative estimate of drug-likeness (QED) is 0.487. The molecule has 0 aromatic heterocycles. The second-order valence-electron chi connectivity index (χ2n) is 10.2. The van der Waals surface area contributed by atoms with Crippen LogP contribution in [0.2, 0.25) is 0 Å². The van der Waals surface area contributed by atoms with E-state index in [-0.39, 0.29) is 12.5 Å². The summed E-state index contributed by atoms with van der Waals surface area (Å²) in [5.41, 5.74) is -0.875. The molecule has 2 amide bonds. The lowest BCUT2D eigenvalue weighted by Gasteiger charge is -2.37. The van der Waals surface area contributed by atoms with Crippen molar-refractivity contribution >= 4 is 23.5 Å². The van der Waals surface area contributed by atoms with Crippen LogP contribution in [0.4, 0.5) is 5.69 Å². The third kappa shape index (κ3) is 3.87. The van der Waals surface area contributed by atoms with Gasteiger partial charge in [0.2, 0.25) is 11.8 Å². The number of aliphatic hydroxyl groups excluding tert-OH is 1. The topological polar surface area (TPSA) is 114 Å². The summed E-state index contributed by atoms with van der Waals surface area (Å²) in [6, 6.07) is 14.2. The predicted molar refractivity (Wildman–Crippen MR) is 138 cm³/mol. The molecule has 2 aromatic rings. The molecule has 38 heavy (non-hydrogen) atoms. The molecule has 0 radical (unpaired) electrons. The zero-order valence-corrected chi connectivity index (χ0v) is 21.9. The van der Waals surface area contributed by atoms with Gasteiger partial charge in [0.15, 0.2) is 0 Å². The smallest absolute Gasteiger partial charge is 0.312 e. The maximum absolute atomic E-state index is 14.3. The third-order valence-corrected chi connectivity index (χ3v) is 8.46. The van der Waals surface area contributed by atoms with Crippen LogP contribution >= 0.6 is 0 Å². The minimum Gasteiger partial charge on any atom is -0.497 e. The van der Waals surface area contributed by atoms with Crippen LogP contribution in [0.5, 0.6) is 5.75 Å². The van der Waals surface area contributed by atoms with Crippen molar-refractivity contribution in [3.8, 4) is 5.75 Å². The van der Waals surface area contributed by atoms with Gasteiger partial charge in [0, 0.05) is 5.69 Å². The predicted octanol–water partition coefficient (Wildman–Crippen LogP) is 3.09. The standard InChI is InChI=1S/C29H34N2O7/c1-4-28-15-16-29(38-28)22(23(28)27(35)37-5-2)26(34)31(21(17-32)18-9-7-6-8-10-18)24(29)25(33)30-19-11-13-20(36-3)14-12-19/h6-14,21-24,32H,4-5,15-17H2,1-3H3,(H,30,33)/t21-,22+,23+,24?,28-,29?/m1/s1. The fourth-order valence-electron chi connectivity index (χ4n) is 6.80. The summed E-state index contributed by atoms with van der Waals surface area (Å²) >= 11 is 0. The molecule has 0 saturated carbocycles. The number of nitrogens with one attached hydrogen (secondary N) is 1. The van der Waals surface area contributed by atoms with Crippen LogP contribution in [0, 0.1) is 11.8 Å². The molecule has 3 aliphatic rings. The van der Waals surface area contributed by atoms with Gasteiger partial charge >= 0.3 is 5.97 Å². The Morgan fingerprint density at radius 2 is 1.84 bits per heavy atom. The SMILES string of the molecule is CCOC(=O)[C@@H]1[C@H]2C(=O)N([C@H](CO)c3ccccc3)C(C(=O)Nc3ccc(OC)cc3)C23CC[C@@]1(CC)O3. The largest absolute Gasteiger partial charge is 0.497 e. The molecule has 2 unspecified atom stereocenters. The number of likely N-dealkylation sites (tertiary alicyclic amines) is 1. The Morgan fingerprint density at radius 1 is 1.13 bits per heavy atom. The van der Waals surface area contributed by atoms with Crippen molar-refractivity contribution < 1.29 is 33.7 Å². The highest BCUT2D eigenvalue weighted by Gasteiger charge is 2.79. The monoisotopic (exact) mass is 522 g/mol. The van der Waals surface area contributed by atoms with E-state index in [2.05, 4.69) is 5.32 Å². The Kier molecular flexibility index (Phi) is 6.92. The minimum absolute atomic E-state index is 0.178. The molecule has 202 valence electrons. The van der Waals surface area contributed by atoms with Crippen LogP contribution in [-0.4, -0.2) is 65.4 Å². The van der Waals surface area contributed by atoms with Crippen LogP contribution in [0.15, 0.2) is 54.6 Å². The van der Waals surface area contributed by atoms with Gasteiger partial charge in [0.1, 0.15) is 23.3 Å². The van der Waals surface area contributed by atoms with Crippen LogP contribution in [0.3, 0.4) is 0 Å². The van der Waals surface area contributed by atoms with Gasteiger partial charge in [-0.3, -0.25) is 14.4 Å². The average Bonchev–Trinajstić information content (AvgIpc) is 3.54. The molecule has 3 heterocycles. The minimum atomic E-state index is -1.22. The van der Waals surface area contributed by atoms with E-state index in [0.29, 0.717) is 36.3 Å². The number of methoxy groups -OCH3 is 1. The fourth-order valence-corrected chi connectivity index (χ4v) is 6.80. The van der Waals surface area contributed by atoms with E-state index < -0.39 is 53.6 Å². The Labute approximate surface area is 222 Å². The number of hydrogen-bond donors (Lipinski definition) is 2. The molecule has 3 aliphatic heterocycles. The molecule has 0 aliphatic carbocycles. The molecule has 2 aromatic carbocycles. The molecule has 9 heteroatoms. The van der Waals surface area contributed by atoms with Crippen LogP contribution in [-0.2, 0) is 23.9 Å². The van der Waals surface area contributed by atoms with Gasteiger partial charge in [-0.2, -0.15) is 0 Å². The maximum Gasteiger partial charge on any atom is 0.312 e. The van der Waals surface area contributed by atoms with E-state index in [1.165, 1.54) is 4.90 Å².